The van der Waals surface area contributed by atoms with Crippen LogP contribution in [0, 0.1) is 0 Å². The quantitative estimate of drug-likeness (QED) is 0.836. The summed E-state index contributed by atoms with van der Waals surface area (Å²) in [6.07, 6.45) is 0. The van der Waals surface area contributed by atoms with Crippen molar-refractivity contribution in [3.63, 3.8) is 0 Å². The van der Waals surface area contributed by atoms with Gasteiger partial charge >= 0.3 is 0 Å². The Kier molecular flexibility index (Phi) is 4.83. The van der Waals surface area contributed by atoms with Gasteiger partial charge in [-0.3, -0.25) is 0 Å². The predicted octanol–water partition coefficient (Wildman–Crippen LogP) is 5.02. The molecule has 0 fully saturated rings. The van der Waals surface area contributed by atoms with Crippen molar-refractivity contribution in [1.29, 1.82) is 0 Å². The van der Waals surface area contributed by atoms with E-state index in [1.807, 2.05) is 12.1 Å². The summed E-state index contributed by atoms with van der Waals surface area (Å²) in [4.78, 5) is 0. The zero-order chi connectivity index (χ0) is 13.8. The molecule has 0 aliphatic carbocycles. The molecule has 0 bridgehead atoms. The number of halogens is 1. The lowest BCUT2D eigenvalue weighted by Gasteiger charge is -2.12. The molecule has 0 aliphatic heterocycles. The van der Waals surface area contributed by atoms with Crippen LogP contribution in [-0.2, 0) is 6.54 Å². The second-order valence-corrected chi connectivity index (χ2v) is 5.92. The summed E-state index contributed by atoms with van der Waals surface area (Å²) in [5, 5.41) is 3.46. The molecule has 2 nitrogen and oxygen atoms in total. The summed E-state index contributed by atoms with van der Waals surface area (Å²) in [5.41, 5.74) is 2.67. The fraction of sp³-hybridized carbons (Fsp3) is 0.375. The van der Waals surface area contributed by atoms with Gasteiger partial charge < -0.3 is 9.73 Å². The van der Waals surface area contributed by atoms with Crippen LogP contribution < -0.4 is 5.32 Å². The van der Waals surface area contributed by atoms with Gasteiger partial charge in [0.2, 0.25) is 0 Å². The van der Waals surface area contributed by atoms with Gasteiger partial charge in [-0.05, 0) is 52.0 Å². The molecule has 0 saturated heterocycles. The molecule has 1 heterocycles. The maximum Gasteiger partial charge on any atom is 0.169 e. The van der Waals surface area contributed by atoms with Crippen LogP contribution in [0.25, 0.3) is 0 Å². The summed E-state index contributed by atoms with van der Waals surface area (Å²) < 4.78 is 6.31. The summed E-state index contributed by atoms with van der Waals surface area (Å²) in [6.45, 7) is 7.37. The minimum absolute atomic E-state index is 0.205. The van der Waals surface area contributed by atoms with Crippen molar-refractivity contribution in [2.45, 2.75) is 39.3 Å². The molecule has 0 saturated carbocycles. The van der Waals surface area contributed by atoms with Crippen LogP contribution in [0.5, 0.6) is 0 Å². The van der Waals surface area contributed by atoms with Crippen LogP contribution in [0.3, 0.4) is 0 Å². The van der Waals surface area contributed by atoms with Crippen molar-refractivity contribution in [3.8, 4) is 0 Å². The molecule has 1 atom stereocenters. The minimum atomic E-state index is 0.205. The highest BCUT2D eigenvalue weighted by molar-refractivity contribution is 9.10. The second-order valence-electron chi connectivity index (χ2n) is 5.14. The van der Waals surface area contributed by atoms with Gasteiger partial charge in [0.1, 0.15) is 5.76 Å². The lowest BCUT2D eigenvalue weighted by molar-refractivity contribution is 0.418. The van der Waals surface area contributed by atoms with Crippen molar-refractivity contribution in [3.05, 3.63) is 58.0 Å². The van der Waals surface area contributed by atoms with E-state index in [0.717, 1.165) is 17.0 Å². The molecule has 19 heavy (non-hydrogen) atoms. The molecule has 1 aromatic carbocycles. The average Bonchev–Trinajstić information content (AvgIpc) is 2.83. The third-order valence-electron chi connectivity index (χ3n) is 3.28. The smallest absolute Gasteiger partial charge is 0.169 e. The van der Waals surface area contributed by atoms with Crippen LogP contribution in [0.15, 0.2) is 45.5 Å². The van der Waals surface area contributed by atoms with Gasteiger partial charge in [-0.1, -0.05) is 38.1 Å². The number of benzene rings is 1. The Bertz CT molecular complexity index is 516. The third-order valence-corrected chi connectivity index (χ3v) is 3.71. The van der Waals surface area contributed by atoms with E-state index in [1.54, 1.807) is 0 Å². The Labute approximate surface area is 123 Å². The first kappa shape index (κ1) is 14.4. The molecule has 0 aliphatic rings. The number of nitrogens with one attached hydrogen (secondary N) is 1. The Balaban J connectivity index is 1.91. The molecule has 0 radical (unpaired) electrons. The van der Waals surface area contributed by atoms with Gasteiger partial charge in [-0.2, -0.15) is 0 Å². The lowest BCUT2D eigenvalue weighted by atomic mass is 10.0. The Morgan fingerprint density at radius 1 is 1.05 bits per heavy atom. The van der Waals surface area contributed by atoms with Gasteiger partial charge in [0.15, 0.2) is 4.67 Å². The Morgan fingerprint density at radius 2 is 1.74 bits per heavy atom. The first-order valence-corrected chi connectivity index (χ1v) is 7.43. The van der Waals surface area contributed by atoms with Crippen LogP contribution in [0.1, 0.15) is 49.6 Å². The van der Waals surface area contributed by atoms with E-state index in [-0.39, 0.29) is 6.04 Å². The van der Waals surface area contributed by atoms with E-state index < -0.39 is 0 Å². The highest BCUT2D eigenvalue weighted by Gasteiger charge is 2.09. The van der Waals surface area contributed by atoms with E-state index in [2.05, 4.69) is 66.3 Å². The molecule has 2 rings (SSSR count). The lowest BCUT2D eigenvalue weighted by Crippen LogP contribution is -2.17. The standard InChI is InChI=1S/C16H20BrNO/c1-11(2)14-6-4-13(5-7-14)10-18-12(3)15-8-9-16(17)19-15/h4-9,11-12,18H,10H2,1-3H3. The molecule has 1 aromatic heterocycles. The molecule has 1 unspecified atom stereocenters. The molecule has 1 N–H and O–H groups in total. The monoisotopic (exact) mass is 321 g/mol. The van der Waals surface area contributed by atoms with Gasteiger partial charge in [-0.15, -0.1) is 0 Å². The molecule has 0 spiro atoms. The van der Waals surface area contributed by atoms with Crippen LogP contribution in [0.4, 0.5) is 0 Å². The molecule has 102 valence electrons. The van der Waals surface area contributed by atoms with Crippen molar-refractivity contribution in [2.24, 2.45) is 0 Å². The first-order chi connectivity index (χ1) is 9.06. The highest BCUT2D eigenvalue weighted by atomic mass is 79.9. The fourth-order valence-electron chi connectivity index (χ4n) is 1.95. The molecule has 0 amide bonds. The van der Waals surface area contributed by atoms with E-state index in [1.165, 1.54) is 11.1 Å². The van der Waals surface area contributed by atoms with E-state index in [9.17, 15) is 0 Å². The maximum atomic E-state index is 5.54. The van der Waals surface area contributed by atoms with Gasteiger partial charge in [0.05, 0.1) is 6.04 Å². The van der Waals surface area contributed by atoms with Crippen LogP contribution in [-0.4, -0.2) is 0 Å². The number of hydrogen-bond acceptors (Lipinski definition) is 2. The first-order valence-electron chi connectivity index (χ1n) is 6.63. The molecular formula is C16H20BrNO. The number of rotatable bonds is 5. The summed E-state index contributed by atoms with van der Waals surface area (Å²) >= 11 is 3.32. The van der Waals surface area contributed by atoms with Gasteiger partial charge in [0, 0.05) is 6.54 Å². The van der Waals surface area contributed by atoms with Crippen molar-refractivity contribution >= 4 is 15.9 Å². The third kappa shape index (κ3) is 3.95. The summed E-state index contributed by atoms with van der Waals surface area (Å²) in [6, 6.07) is 12.9. The molecular weight excluding hydrogens is 302 g/mol. The topological polar surface area (TPSA) is 25.2 Å². The fourth-order valence-corrected chi connectivity index (χ4v) is 2.27. The zero-order valence-corrected chi connectivity index (χ0v) is 13.2. The van der Waals surface area contributed by atoms with E-state index in [4.69, 9.17) is 4.42 Å². The molecule has 3 heteroatoms. The van der Waals surface area contributed by atoms with Crippen LogP contribution in [0.2, 0.25) is 0 Å². The predicted molar refractivity (Wildman–Crippen MR) is 82.2 cm³/mol. The Hall–Kier alpha value is -1.06. The summed E-state index contributed by atoms with van der Waals surface area (Å²) in [5.74, 6) is 1.53. The highest BCUT2D eigenvalue weighted by Crippen LogP contribution is 2.20. The zero-order valence-electron chi connectivity index (χ0n) is 11.6. The van der Waals surface area contributed by atoms with Gasteiger partial charge in [0.25, 0.3) is 0 Å². The van der Waals surface area contributed by atoms with Crippen molar-refractivity contribution < 1.29 is 4.42 Å². The van der Waals surface area contributed by atoms with Gasteiger partial charge in [-0.25, -0.2) is 0 Å². The van der Waals surface area contributed by atoms with Crippen molar-refractivity contribution in [1.82, 2.24) is 5.32 Å². The molecule has 2 aromatic rings. The SMILES string of the molecule is CC(C)c1ccc(CNC(C)c2ccc(Br)o2)cc1. The second kappa shape index (κ2) is 6.40. The minimum Gasteiger partial charge on any atom is -0.453 e. The van der Waals surface area contributed by atoms with Crippen molar-refractivity contribution in [2.75, 3.05) is 0 Å². The summed E-state index contributed by atoms with van der Waals surface area (Å²) in [7, 11) is 0. The number of furan rings is 1. The van der Waals surface area contributed by atoms with Crippen LogP contribution >= 0.6 is 15.9 Å². The maximum absolute atomic E-state index is 5.54. The Morgan fingerprint density at radius 3 is 2.26 bits per heavy atom. The van der Waals surface area contributed by atoms with E-state index in [0.29, 0.717) is 5.92 Å². The largest absolute Gasteiger partial charge is 0.453 e. The normalized spacial score (nSPS) is 12.9. The average molecular weight is 322 g/mol. The number of hydrogen-bond donors (Lipinski definition) is 1. The van der Waals surface area contributed by atoms with E-state index >= 15 is 0 Å².